The minimum absolute atomic E-state index is 0.220. The fourth-order valence-electron chi connectivity index (χ4n) is 2.40. The summed E-state index contributed by atoms with van der Waals surface area (Å²) in [6.45, 7) is 6.14. The lowest BCUT2D eigenvalue weighted by Crippen LogP contribution is -2.16. The number of methoxy groups -OCH3 is 2. The van der Waals surface area contributed by atoms with Gasteiger partial charge in [0.25, 0.3) is 0 Å². The molecule has 5 nitrogen and oxygen atoms in total. The molecule has 0 N–H and O–H groups in total. The quantitative estimate of drug-likeness (QED) is 0.355. The van der Waals surface area contributed by atoms with Crippen LogP contribution < -0.4 is 0 Å². The van der Waals surface area contributed by atoms with Crippen molar-refractivity contribution in [3.63, 3.8) is 0 Å². The van der Waals surface area contributed by atoms with Crippen molar-refractivity contribution in [3.8, 4) is 0 Å². The van der Waals surface area contributed by atoms with Crippen LogP contribution in [0.5, 0.6) is 0 Å². The van der Waals surface area contributed by atoms with E-state index in [0.717, 1.165) is 16.7 Å². The molecule has 2 rings (SSSR count). The Labute approximate surface area is 160 Å². The first-order chi connectivity index (χ1) is 13.0. The molecule has 2 aromatic rings. The second-order valence-corrected chi connectivity index (χ2v) is 6.19. The van der Waals surface area contributed by atoms with Gasteiger partial charge in [-0.2, -0.15) is 0 Å². The first kappa shape index (κ1) is 20.7. The maximum absolute atomic E-state index is 12.2. The number of esters is 1. The van der Waals surface area contributed by atoms with Gasteiger partial charge in [0, 0.05) is 20.6 Å². The zero-order chi connectivity index (χ0) is 19.6. The average Bonchev–Trinajstić information content (AvgIpc) is 2.70. The molecule has 0 atom stereocenters. The second-order valence-electron chi connectivity index (χ2n) is 6.19. The Balaban J connectivity index is 1.85. The summed E-state index contributed by atoms with van der Waals surface area (Å²) in [5.74, 6) is 0.301. The van der Waals surface area contributed by atoms with Gasteiger partial charge in [-0.1, -0.05) is 43.0 Å². The van der Waals surface area contributed by atoms with E-state index in [2.05, 4.69) is 6.58 Å². The van der Waals surface area contributed by atoms with E-state index in [4.69, 9.17) is 18.9 Å². The molecule has 0 fully saturated rings. The molecule has 0 spiro atoms. The van der Waals surface area contributed by atoms with Crippen molar-refractivity contribution in [1.29, 1.82) is 0 Å². The Hall–Kier alpha value is -2.63. The summed E-state index contributed by atoms with van der Waals surface area (Å²) in [7, 11) is 3.23. The summed E-state index contributed by atoms with van der Waals surface area (Å²) in [6.07, 6.45) is 0.395. The molecule has 2 aromatic carbocycles. The second kappa shape index (κ2) is 10.5. The van der Waals surface area contributed by atoms with Gasteiger partial charge in [-0.15, -0.1) is 0 Å². The van der Waals surface area contributed by atoms with Crippen molar-refractivity contribution >= 4 is 5.97 Å². The predicted molar refractivity (Wildman–Crippen MR) is 103 cm³/mol. The Morgan fingerprint density at radius 2 is 1.33 bits per heavy atom. The molecular formula is C22H26O5. The van der Waals surface area contributed by atoms with Crippen molar-refractivity contribution in [2.75, 3.05) is 14.2 Å². The standard InChI is InChI=1S/C22H26O5/c1-16(2)26-14-19-9-11-20(12-10-19)22(23)27-15-18-7-5-17(6-8-18)13-21(24-3)25-4/h5-12,21H,1,13-15H2,2-4H3. The number of carbonyl (C=O) groups excluding carboxylic acids is 1. The van der Waals surface area contributed by atoms with Gasteiger partial charge in [0.15, 0.2) is 6.29 Å². The normalized spacial score (nSPS) is 10.7. The Morgan fingerprint density at radius 3 is 1.85 bits per heavy atom. The summed E-state index contributed by atoms with van der Waals surface area (Å²) >= 11 is 0. The first-order valence-corrected chi connectivity index (χ1v) is 8.69. The highest BCUT2D eigenvalue weighted by Crippen LogP contribution is 2.12. The number of carbonyl (C=O) groups is 1. The van der Waals surface area contributed by atoms with Crippen LogP contribution in [-0.2, 0) is 38.6 Å². The lowest BCUT2D eigenvalue weighted by atomic mass is 10.1. The molecule has 0 aliphatic carbocycles. The van der Waals surface area contributed by atoms with E-state index in [-0.39, 0.29) is 18.9 Å². The van der Waals surface area contributed by atoms with Crippen LogP contribution in [-0.4, -0.2) is 26.5 Å². The molecule has 0 saturated carbocycles. The molecule has 0 unspecified atom stereocenters. The number of allylic oxidation sites excluding steroid dienone is 1. The highest BCUT2D eigenvalue weighted by molar-refractivity contribution is 5.89. The summed E-state index contributed by atoms with van der Waals surface area (Å²) in [5, 5.41) is 0. The number of ether oxygens (including phenoxy) is 4. The molecule has 0 bridgehead atoms. The number of rotatable bonds is 10. The predicted octanol–water partition coefficient (Wildman–Crippen LogP) is 4.26. The van der Waals surface area contributed by atoms with E-state index in [1.165, 1.54) is 0 Å². The van der Waals surface area contributed by atoms with Crippen LogP contribution in [0.1, 0.15) is 34.0 Å². The molecule has 0 amide bonds. The van der Waals surface area contributed by atoms with E-state index in [1.54, 1.807) is 33.3 Å². The highest BCUT2D eigenvalue weighted by Gasteiger charge is 2.09. The van der Waals surface area contributed by atoms with Crippen molar-refractivity contribution in [2.45, 2.75) is 32.8 Å². The fourth-order valence-corrected chi connectivity index (χ4v) is 2.40. The molecule has 5 heteroatoms. The van der Waals surface area contributed by atoms with E-state index >= 15 is 0 Å². The van der Waals surface area contributed by atoms with E-state index in [0.29, 0.717) is 24.4 Å². The van der Waals surface area contributed by atoms with Crippen LogP contribution in [0.4, 0.5) is 0 Å². The lowest BCUT2D eigenvalue weighted by molar-refractivity contribution is -0.100. The summed E-state index contributed by atoms with van der Waals surface area (Å²) < 4.78 is 21.1. The third-order valence-electron chi connectivity index (χ3n) is 4.00. The van der Waals surface area contributed by atoms with Crippen LogP contribution in [0.2, 0.25) is 0 Å². The molecule has 27 heavy (non-hydrogen) atoms. The average molecular weight is 370 g/mol. The van der Waals surface area contributed by atoms with Gasteiger partial charge in [-0.3, -0.25) is 0 Å². The number of benzene rings is 2. The SMILES string of the molecule is C=C(C)OCc1ccc(C(=O)OCc2ccc(CC(OC)OC)cc2)cc1. The zero-order valence-electron chi connectivity index (χ0n) is 16.1. The first-order valence-electron chi connectivity index (χ1n) is 8.69. The molecule has 0 aromatic heterocycles. The Morgan fingerprint density at radius 1 is 0.852 bits per heavy atom. The van der Waals surface area contributed by atoms with Gasteiger partial charge in [0.1, 0.15) is 13.2 Å². The van der Waals surface area contributed by atoms with Gasteiger partial charge in [0.05, 0.1) is 11.3 Å². The fraction of sp³-hybridized carbons (Fsp3) is 0.318. The third-order valence-corrected chi connectivity index (χ3v) is 4.00. The van der Waals surface area contributed by atoms with Crippen molar-refractivity contribution in [2.24, 2.45) is 0 Å². The van der Waals surface area contributed by atoms with Crippen LogP contribution in [0.3, 0.4) is 0 Å². The molecule has 0 saturated heterocycles. The highest BCUT2D eigenvalue weighted by atomic mass is 16.7. The van der Waals surface area contributed by atoms with Gasteiger partial charge >= 0.3 is 5.97 Å². The van der Waals surface area contributed by atoms with Crippen LogP contribution >= 0.6 is 0 Å². The monoisotopic (exact) mass is 370 g/mol. The van der Waals surface area contributed by atoms with Crippen LogP contribution in [0.25, 0.3) is 0 Å². The largest absolute Gasteiger partial charge is 0.494 e. The van der Waals surface area contributed by atoms with Crippen LogP contribution in [0, 0.1) is 0 Å². The number of hydrogen-bond acceptors (Lipinski definition) is 5. The summed E-state index contributed by atoms with van der Waals surface area (Å²) in [5.41, 5.74) is 3.49. The maximum Gasteiger partial charge on any atom is 0.338 e. The van der Waals surface area contributed by atoms with Crippen molar-refractivity contribution < 1.29 is 23.7 Å². The molecule has 0 aliphatic rings. The van der Waals surface area contributed by atoms with Gasteiger partial charge < -0.3 is 18.9 Å². The van der Waals surface area contributed by atoms with Crippen molar-refractivity contribution in [3.05, 3.63) is 83.1 Å². The lowest BCUT2D eigenvalue weighted by Gasteiger charge is -2.13. The van der Waals surface area contributed by atoms with Crippen LogP contribution in [0.15, 0.2) is 60.9 Å². The Bertz CT molecular complexity index is 730. The van der Waals surface area contributed by atoms with Gasteiger partial charge in [-0.05, 0) is 35.7 Å². The summed E-state index contributed by atoms with van der Waals surface area (Å²) in [6, 6.07) is 15.0. The molecule has 0 aliphatic heterocycles. The molecule has 144 valence electrons. The van der Waals surface area contributed by atoms with Gasteiger partial charge in [0.2, 0.25) is 0 Å². The smallest absolute Gasteiger partial charge is 0.338 e. The molecular weight excluding hydrogens is 344 g/mol. The zero-order valence-corrected chi connectivity index (χ0v) is 16.1. The summed E-state index contributed by atoms with van der Waals surface area (Å²) in [4.78, 5) is 12.2. The number of hydrogen-bond donors (Lipinski definition) is 0. The molecule has 0 heterocycles. The van der Waals surface area contributed by atoms with Gasteiger partial charge in [-0.25, -0.2) is 4.79 Å². The third kappa shape index (κ3) is 6.89. The van der Waals surface area contributed by atoms with Crippen molar-refractivity contribution in [1.82, 2.24) is 0 Å². The van der Waals surface area contributed by atoms with E-state index in [1.807, 2.05) is 36.4 Å². The minimum Gasteiger partial charge on any atom is -0.494 e. The minimum atomic E-state index is -0.356. The maximum atomic E-state index is 12.2. The molecule has 0 radical (unpaired) electrons. The Kier molecular flexibility index (Phi) is 8.04. The topological polar surface area (TPSA) is 54.0 Å². The van der Waals surface area contributed by atoms with E-state index in [9.17, 15) is 4.79 Å². The van der Waals surface area contributed by atoms with E-state index < -0.39 is 0 Å².